The third-order valence-electron chi connectivity index (χ3n) is 4.91. The number of anilines is 2. The third kappa shape index (κ3) is 3.06. The normalized spacial score (nSPS) is 14.6. The van der Waals surface area contributed by atoms with Crippen LogP contribution < -0.4 is 14.5 Å². The first kappa shape index (κ1) is 17.5. The van der Waals surface area contributed by atoms with Crippen LogP contribution in [-0.2, 0) is 0 Å². The Hall–Kier alpha value is -2.87. The molecule has 140 valence electrons. The van der Waals surface area contributed by atoms with E-state index in [2.05, 4.69) is 25.8 Å². The fourth-order valence-corrected chi connectivity index (χ4v) is 4.53. The van der Waals surface area contributed by atoms with Crippen molar-refractivity contribution in [3.63, 3.8) is 0 Å². The average molecular weight is 384 g/mol. The van der Waals surface area contributed by atoms with Crippen LogP contribution in [0.15, 0.2) is 30.6 Å². The maximum atomic E-state index is 11.5. The van der Waals surface area contributed by atoms with Crippen LogP contribution in [0.5, 0.6) is 5.75 Å². The molecule has 1 aliphatic heterocycles. The van der Waals surface area contributed by atoms with Crippen molar-refractivity contribution in [2.45, 2.75) is 6.92 Å². The molecule has 0 unspecified atom stereocenters. The van der Waals surface area contributed by atoms with Gasteiger partial charge in [-0.2, -0.15) is 0 Å². The van der Waals surface area contributed by atoms with Crippen molar-refractivity contribution in [3.05, 3.63) is 41.0 Å². The lowest BCUT2D eigenvalue weighted by Gasteiger charge is -2.37. The second-order valence-electron chi connectivity index (χ2n) is 6.38. The van der Waals surface area contributed by atoms with Crippen LogP contribution in [0.2, 0.25) is 0 Å². The second kappa shape index (κ2) is 7.03. The van der Waals surface area contributed by atoms with Crippen molar-refractivity contribution in [3.8, 4) is 5.75 Å². The van der Waals surface area contributed by atoms with Gasteiger partial charge in [-0.1, -0.05) is 12.1 Å². The molecule has 7 nitrogen and oxygen atoms in total. The summed E-state index contributed by atoms with van der Waals surface area (Å²) in [5.41, 5.74) is 1.83. The Morgan fingerprint density at radius 2 is 1.85 bits per heavy atom. The van der Waals surface area contributed by atoms with Gasteiger partial charge in [-0.3, -0.25) is 0 Å². The Morgan fingerprint density at radius 3 is 2.56 bits per heavy atom. The number of ether oxygens (including phenoxy) is 1. The minimum atomic E-state index is -0.914. The highest BCUT2D eigenvalue weighted by atomic mass is 32.1. The fourth-order valence-electron chi connectivity index (χ4n) is 3.55. The number of aryl methyl sites for hydroxylation is 1. The van der Waals surface area contributed by atoms with Gasteiger partial charge in [-0.25, -0.2) is 14.8 Å². The summed E-state index contributed by atoms with van der Waals surface area (Å²) in [5.74, 6) is 0.776. The zero-order valence-electron chi connectivity index (χ0n) is 15.2. The van der Waals surface area contributed by atoms with Crippen LogP contribution >= 0.6 is 11.3 Å². The van der Waals surface area contributed by atoms with E-state index in [9.17, 15) is 9.90 Å². The Bertz CT molecular complexity index is 996. The number of rotatable bonds is 4. The van der Waals surface area contributed by atoms with E-state index in [4.69, 9.17) is 4.74 Å². The van der Waals surface area contributed by atoms with E-state index in [-0.39, 0.29) is 0 Å². The van der Waals surface area contributed by atoms with E-state index in [1.807, 2.05) is 25.1 Å². The minimum absolute atomic E-state index is 0.333. The third-order valence-corrected chi connectivity index (χ3v) is 6.09. The highest BCUT2D eigenvalue weighted by molar-refractivity contribution is 7.20. The summed E-state index contributed by atoms with van der Waals surface area (Å²) in [5, 5.41) is 10.3. The molecule has 4 rings (SSSR count). The smallest absolute Gasteiger partial charge is 0.346 e. The van der Waals surface area contributed by atoms with E-state index in [0.717, 1.165) is 59.2 Å². The van der Waals surface area contributed by atoms with E-state index in [0.29, 0.717) is 4.88 Å². The first-order chi connectivity index (χ1) is 13.1. The number of fused-ring (bicyclic) bond motifs is 1. The highest BCUT2D eigenvalue weighted by Crippen LogP contribution is 2.36. The molecule has 0 saturated carbocycles. The van der Waals surface area contributed by atoms with Crippen molar-refractivity contribution in [1.82, 2.24) is 9.97 Å². The summed E-state index contributed by atoms with van der Waals surface area (Å²) < 4.78 is 5.48. The Kier molecular flexibility index (Phi) is 4.57. The van der Waals surface area contributed by atoms with Crippen LogP contribution in [0.1, 0.15) is 15.2 Å². The summed E-state index contributed by atoms with van der Waals surface area (Å²) in [6, 6.07) is 8.02. The maximum absolute atomic E-state index is 11.5. The molecule has 0 spiro atoms. The summed E-state index contributed by atoms with van der Waals surface area (Å²) in [7, 11) is 1.69. The molecular formula is C19H20N4O3S. The topological polar surface area (TPSA) is 78.8 Å². The SMILES string of the molecule is COc1ccccc1N1CCN(c2ncnc3sc(C(=O)O)c(C)c23)CC1. The zero-order chi connectivity index (χ0) is 19.0. The second-order valence-corrected chi connectivity index (χ2v) is 7.38. The molecule has 1 saturated heterocycles. The maximum Gasteiger partial charge on any atom is 0.346 e. The Labute approximate surface area is 160 Å². The summed E-state index contributed by atoms with van der Waals surface area (Å²) in [6.07, 6.45) is 1.52. The number of benzene rings is 1. The molecular weight excluding hydrogens is 364 g/mol. The van der Waals surface area contributed by atoms with Crippen LogP contribution in [0, 0.1) is 6.92 Å². The molecule has 0 bridgehead atoms. The Morgan fingerprint density at radius 1 is 1.15 bits per heavy atom. The van der Waals surface area contributed by atoms with E-state index in [1.165, 1.54) is 17.7 Å². The van der Waals surface area contributed by atoms with E-state index >= 15 is 0 Å². The monoisotopic (exact) mass is 384 g/mol. The van der Waals surface area contributed by atoms with E-state index < -0.39 is 5.97 Å². The molecule has 0 radical (unpaired) electrons. The lowest BCUT2D eigenvalue weighted by molar-refractivity contribution is 0.0701. The van der Waals surface area contributed by atoms with Crippen LogP contribution in [0.4, 0.5) is 11.5 Å². The number of piperazine rings is 1. The van der Waals surface area contributed by atoms with Gasteiger partial charge in [0.1, 0.15) is 27.6 Å². The standard InChI is InChI=1S/C19H20N4O3S/c1-12-15-17(20-11-21-18(15)27-16(12)19(24)25)23-9-7-22(8-10-23)13-5-3-4-6-14(13)26-2/h3-6,11H,7-10H2,1-2H3,(H,24,25). The van der Waals surface area contributed by atoms with Gasteiger partial charge in [0.05, 0.1) is 18.2 Å². The summed E-state index contributed by atoms with van der Waals surface area (Å²) in [6.45, 7) is 5.09. The molecule has 2 aromatic heterocycles. The Balaban J connectivity index is 1.61. The number of carbonyl (C=O) groups is 1. The molecule has 8 heteroatoms. The summed E-state index contributed by atoms with van der Waals surface area (Å²) >= 11 is 1.21. The van der Waals surface area contributed by atoms with Gasteiger partial charge in [0, 0.05) is 26.2 Å². The van der Waals surface area contributed by atoms with Crippen LogP contribution in [0.25, 0.3) is 10.2 Å². The zero-order valence-corrected chi connectivity index (χ0v) is 16.0. The van der Waals surface area contributed by atoms with Crippen molar-refractivity contribution in [2.75, 3.05) is 43.1 Å². The van der Waals surface area contributed by atoms with Gasteiger partial charge in [-0.15, -0.1) is 11.3 Å². The van der Waals surface area contributed by atoms with Gasteiger partial charge < -0.3 is 19.6 Å². The van der Waals surface area contributed by atoms with Crippen LogP contribution in [0.3, 0.4) is 0 Å². The van der Waals surface area contributed by atoms with E-state index in [1.54, 1.807) is 7.11 Å². The number of thiophene rings is 1. The quantitative estimate of drug-likeness (QED) is 0.741. The number of carboxylic acid groups (broad SMARTS) is 1. The lowest BCUT2D eigenvalue weighted by atomic mass is 10.1. The van der Waals surface area contributed by atoms with Crippen molar-refractivity contribution < 1.29 is 14.6 Å². The fraction of sp³-hybridized carbons (Fsp3) is 0.316. The molecule has 0 amide bonds. The number of aromatic nitrogens is 2. The average Bonchev–Trinajstić information content (AvgIpc) is 3.05. The number of hydrogen-bond acceptors (Lipinski definition) is 7. The minimum Gasteiger partial charge on any atom is -0.495 e. The molecule has 1 aromatic carbocycles. The van der Waals surface area contributed by atoms with Crippen molar-refractivity contribution in [1.29, 1.82) is 0 Å². The first-order valence-electron chi connectivity index (χ1n) is 8.70. The van der Waals surface area contributed by atoms with Gasteiger partial charge in [0.25, 0.3) is 0 Å². The molecule has 1 aliphatic rings. The number of methoxy groups -OCH3 is 1. The first-order valence-corrected chi connectivity index (χ1v) is 9.52. The molecule has 3 aromatic rings. The number of hydrogen-bond donors (Lipinski definition) is 1. The molecule has 1 fully saturated rings. The van der Waals surface area contributed by atoms with Gasteiger partial charge in [0.2, 0.25) is 0 Å². The highest BCUT2D eigenvalue weighted by Gasteiger charge is 2.25. The van der Waals surface area contributed by atoms with Crippen molar-refractivity contribution in [2.24, 2.45) is 0 Å². The molecule has 1 N–H and O–H groups in total. The number of carboxylic acids is 1. The number of aromatic carboxylic acids is 1. The largest absolute Gasteiger partial charge is 0.495 e. The van der Waals surface area contributed by atoms with Crippen molar-refractivity contribution >= 4 is 39.0 Å². The lowest BCUT2D eigenvalue weighted by Crippen LogP contribution is -2.47. The van der Waals surface area contributed by atoms with Gasteiger partial charge in [0.15, 0.2) is 0 Å². The predicted octanol–water partition coefficient (Wildman–Crippen LogP) is 3.03. The molecule has 27 heavy (non-hydrogen) atoms. The molecule has 3 heterocycles. The predicted molar refractivity (Wildman–Crippen MR) is 107 cm³/mol. The summed E-state index contributed by atoms with van der Waals surface area (Å²) in [4.78, 5) is 25.8. The van der Waals surface area contributed by atoms with Gasteiger partial charge >= 0.3 is 5.97 Å². The molecule has 0 aliphatic carbocycles. The number of nitrogens with zero attached hydrogens (tertiary/aromatic N) is 4. The van der Waals surface area contributed by atoms with Crippen LogP contribution in [-0.4, -0.2) is 54.3 Å². The number of para-hydroxylation sites is 2. The van der Waals surface area contributed by atoms with Gasteiger partial charge in [-0.05, 0) is 24.6 Å². The molecule has 0 atom stereocenters.